The number of hydrazone groups is 1. The summed E-state index contributed by atoms with van der Waals surface area (Å²) >= 11 is 13.1. The number of aliphatic imine (C=N–C) groups is 1. The van der Waals surface area contributed by atoms with Gasteiger partial charge in [-0.2, -0.15) is 10.1 Å². The van der Waals surface area contributed by atoms with Gasteiger partial charge < -0.3 is 0 Å². The molecule has 10 heteroatoms. The van der Waals surface area contributed by atoms with Crippen molar-refractivity contribution in [2.24, 2.45) is 17.1 Å². The lowest BCUT2D eigenvalue weighted by Crippen LogP contribution is -2.24. The summed E-state index contributed by atoms with van der Waals surface area (Å²) in [7, 11) is 1.79. The number of para-hydroxylation sites is 1. The number of benzene rings is 3. The van der Waals surface area contributed by atoms with E-state index >= 15 is 0 Å². The average Bonchev–Trinajstić information content (AvgIpc) is 3.32. The predicted octanol–water partition coefficient (Wildman–Crippen LogP) is 6.43. The number of hydrogen-bond acceptors (Lipinski definition) is 5. The first-order valence-corrected chi connectivity index (χ1v) is 13.1. The summed E-state index contributed by atoms with van der Waals surface area (Å²) in [5, 5.41) is 7.10. The maximum Gasteiger partial charge on any atom is 0.297 e. The molecule has 5 rings (SSSR count). The van der Waals surface area contributed by atoms with Crippen LogP contribution in [0.4, 0.5) is 5.69 Å². The fourth-order valence-electron chi connectivity index (χ4n) is 3.80. The number of carbonyl (C=O) groups excluding carboxylic acids is 1. The lowest BCUT2D eigenvalue weighted by Gasteiger charge is -2.08. The molecule has 190 valence electrons. The Bertz CT molecular complexity index is 1650. The van der Waals surface area contributed by atoms with E-state index in [2.05, 4.69) is 10.1 Å². The van der Waals surface area contributed by atoms with Crippen molar-refractivity contribution >= 4 is 64.0 Å². The molecule has 2 heterocycles. The van der Waals surface area contributed by atoms with Gasteiger partial charge in [0.05, 0.1) is 22.5 Å². The van der Waals surface area contributed by atoms with E-state index in [0.717, 1.165) is 22.9 Å². The molecule has 0 spiro atoms. The Morgan fingerprint density at radius 1 is 0.842 bits per heavy atom. The highest BCUT2D eigenvalue weighted by Crippen LogP contribution is 2.35. The van der Waals surface area contributed by atoms with Crippen LogP contribution in [0.3, 0.4) is 0 Å². The van der Waals surface area contributed by atoms with E-state index in [1.165, 1.54) is 5.01 Å². The monoisotopic (exact) mass is 561 g/mol. The minimum absolute atomic E-state index is 0.228. The van der Waals surface area contributed by atoms with Crippen molar-refractivity contribution in [3.8, 4) is 5.69 Å². The average molecular weight is 562 g/mol. The molecule has 0 radical (unpaired) electrons. The van der Waals surface area contributed by atoms with Crippen LogP contribution in [0.1, 0.15) is 16.8 Å². The predicted molar refractivity (Wildman–Crippen MR) is 156 cm³/mol. The lowest BCUT2D eigenvalue weighted by atomic mass is 10.2. The molecule has 1 saturated heterocycles. The Balaban J connectivity index is 1.59. The molecule has 0 atom stereocenters. The highest BCUT2D eigenvalue weighted by Gasteiger charge is 2.34. The summed E-state index contributed by atoms with van der Waals surface area (Å²) in [6.07, 6.45) is 3.30. The fourth-order valence-corrected chi connectivity index (χ4v) is 4.97. The normalized spacial score (nSPS) is 15.9. The van der Waals surface area contributed by atoms with Crippen LogP contribution in [0.5, 0.6) is 0 Å². The van der Waals surface area contributed by atoms with Gasteiger partial charge in [-0.1, -0.05) is 65.7 Å². The molecular weight excluding hydrogens is 541 g/mol. The van der Waals surface area contributed by atoms with Crippen molar-refractivity contribution < 1.29 is 4.79 Å². The number of carbonyl (C=O) groups is 1. The third-order valence-corrected chi connectivity index (χ3v) is 7.34. The Kier molecular flexibility index (Phi) is 7.37. The molecule has 4 aromatic rings. The summed E-state index contributed by atoms with van der Waals surface area (Å²) in [6.45, 7) is 1.81. The lowest BCUT2D eigenvalue weighted by molar-refractivity contribution is -0.122. The van der Waals surface area contributed by atoms with Gasteiger partial charge >= 0.3 is 0 Å². The third-order valence-electron chi connectivity index (χ3n) is 5.88. The van der Waals surface area contributed by atoms with E-state index < -0.39 is 0 Å². The quantitative estimate of drug-likeness (QED) is 0.208. The maximum absolute atomic E-state index is 13.4. The summed E-state index contributed by atoms with van der Waals surface area (Å²) in [4.78, 5) is 31.9. The summed E-state index contributed by atoms with van der Waals surface area (Å²) in [6, 6.07) is 23.5. The van der Waals surface area contributed by atoms with Crippen LogP contribution in [0.15, 0.2) is 98.7 Å². The van der Waals surface area contributed by atoms with Crippen molar-refractivity contribution in [2.45, 2.75) is 6.92 Å². The standard InChI is InChI=1S/C28H21Cl2N5O2S/c1-18-25(27(37)35(33(18)2)23-6-4-3-5-7-23)32-28-34(31-17-20-10-14-22(30)15-11-20)26(36)24(38-28)16-19-8-12-21(29)13-9-19/h3-17H,1-2H3/b24-16-,31-17+,32-28?. The highest BCUT2D eigenvalue weighted by molar-refractivity contribution is 8.18. The highest BCUT2D eigenvalue weighted by atomic mass is 35.5. The van der Waals surface area contributed by atoms with Crippen LogP contribution < -0.4 is 5.56 Å². The number of amides is 1. The Morgan fingerprint density at radius 3 is 2.08 bits per heavy atom. The summed E-state index contributed by atoms with van der Waals surface area (Å²) < 4.78 is 3.28. The van der Waals surface area contributed by atoms with Gasteiger partial charge in [0.1, 0.15) is 0 Å². The smallest absolute Gasteiger partial charge is 0.283 e. The first kappa shape index (κ1) is 25.8. The zero-order chi connectivity index (χ0) is 26.8. The molecule has 0 N–H and O–H groups in total. The SMILES string of the molecule is Cc1c(N=C2S/C(=C\c3ccc(Cl)cc3)C(=O)N2/N=C/c2ccc(Cl)cc2)c(=O)n(-c2ccccc2)n1C. The van der Waals surface area contributed by atoms with Gasteiger partial charge in [-0.05, 0) is 72.3 Å². The van der Waals surface area contributed by atoms with Crippen LogP contribution in [0, 0.1) is 6.92 Å². The van der Waals surface area contributed by atoms with Crippen LogP contribution in [0.2, 0.25) is 10.0 Å². The molecule has 1 fully saturated rings. The molecule has 0 aliphatic carbocycles. The second-order valence-electron chi connectivity index (χ2n) is 8.38. The molecule has 1 aliphatic heterocycles. The third kappa shape index (κ3) is 5.24. The van der Waals surface area contributed by atoms with Gasteiger partial charge in [0.25, 0.3) is 11.5 Å². The van der Waals surface area contributed by atoms with Crippen LogP contribution in [0.25, 0.3) is 11.8 Å². The number of rotatable bonds is 5. The first-order valence-electron chi connectivity index (χ1n) is 11.5. The van der Waals surface area contributed by atoms with Crippen molar-refractivity contribution in [1.29, 1.82) is 0 Å². The molecule has 38 heavy (non-hydrogen) atoms. The molecule has 0 saturated carbocycles. The van der Waals surface area contributed by atoms with Gasteiger partial charge in [0.2, 0.25) is 0 Å². The molecule has 0 bridgehead atoms. The summed E-state index contributed by atoms with van der Waals surface area (Å²) in [5.41, 5.74) is 2.85. The van der Waals surface area contributed by atoms with Crippen LogP contribution >= 0.6 is 35.0 Å². The van der Waals surface area contributed by atoms with Gasteiger partial charge in [0.15, 0.2) is 10.9 Å². The van der Waals surface area contributed by atoms with Gasteiger partial charge in [-0.25, -0.2) is 9.67 Å². The topological polar surface area (TPSA) is 72.0 Å². The van der Waals surface area contributed by atoms with E-state index in [0.29, 0.717) is 26.3 Å². The minimum atomic E-state index is -0.356. The second kappa shape index (κ2) is 10.9. The Morgan fingerprint density at radius 2 is 1.45 bits per heavy atom. The number of halogens is 2. The molecule has 3 aromatic carbocycles. The number of hydrogen-bond donors (Lipinski definition) is 0. The minimum Gasteiger partial charge on any atom is -0.283 e. The van der Waals surface area contributed by atoms with Crippen LogP contribution in [-0.2, 0) is 11.8 Å². The zero-order valence-corrected chi connectivity index (χ0v) is 22.7. The Labute approximate surface area is 233 Å². The molecular formula is C28H21Cl2N5O2S. The zero-order valence-electron chi connectivity index (χ0n) is 20.4. The van der Waals surface area contributed by atoms with Crippen molar-refractivity contribution in [2.75, 3.05) is 0 Å². The van der Waals surface area contributed by atoms with E-state index in [1.54, 1.807) is 65.1 Å². The fraction of sp³-hybridized carbons (Fsp3) is 0.0714. The Hall–Kier alpha value is -3.85. The van der Waals surface area contributed by atoms with Gasteiger partial charge in [0, 0.05) is 17.1 Å². The molecule has 1 aliphatic rings. The molecule has 1 aromatic heterocycles. The second-order valence-corrected chi connectivity index (χ2v) is 10.3. The van der Waals surface area contributed by atoms with Gasteiger partial charge in [-0.3, -0.25) is 14.3 Å². The van der Waals surface area contributed by atoms with E-state index in [-0.39, 0.29) is 22.3 Å². The van der Waals surface area contributed by atoms with Crippen LogP contribution in [-0.4, -0.2) is 31.7 Å². The van der Waals surface area contributed by atoms with Gasteiger partial charge in [-0.15, -0.1) is 0 Å². The molecule has 0 unspecified atom stereocenters. The van der Waals surface area contributed by atoms with E-state index in [1.807, 2.05) is 49.4 Å². The first-order chi connectivity index (χ1) is 18.3. The molecule has 7 nitrogen and oxygen atoms in total. The molecule has 1 amide bonds. The van der Waals surface area contributed by atoms with E-state index in [9.17, 15) is 9.59 Å². The number of thioether (sulfide) groups is 1. The van der Waals surface area contributed by atoms with Crippen molar-refractivity contribution in [3.63, 3.8) is 0 Å². The summed E-state index contributed by atoms with van der Waals surface area (Å²) in [5.74, 6) is -0.356. The van der Waals surface area contributed by atoms with Crippen molar-refractivity contribution in [3.05, 3.63) is 121 Å². The number of amidine groups is 1. The van der Waals surface area contributed by atoms with Crippen molar-refractivity contribution in [1.82, 2.24) is 14.4 Å². The number of aromatic nitrogens is 2. The largest absolute Gasteiger partial charge is 0.297 e. The number of nitrogens with zero attached hydrogens (tertiary/aromatic N) is 5. The maximum atomic E-state index is 13.4. The van der Waals surface area contributed by atoms with E-state index in [4.69, 9.17) is 23.2 Å².